The first kappa shape index (κ1) is 11.1. The predicted octanol–water partition coefficient (Wildman–Crippen LogP) is -1.37. The first-order valence-electron chi connectivity index (χ1n) is 3.72. The molecule has 0 unspecified atom stereocenters. The molecule has 1 rings (SSSR count). The highest BCUT2D eigenvalue weighted by atomic mass is 35.5. The van der Waals surface area contributed by atoms with Gasteiger partial charge in [-0.15, -0.1) is 0 Å². The lowest BCUT2D eigenvalue weighted by molar-refractivity contribution is -0.386. The molecule has 0 aliphatic heterocycles. The largest absolute Gasteiger partial charge is 1.00 e. The fraction of sp³-hybridized carbons (Fsp3) is 0.333. The van der Waals surface area contributed by atoms with E-state index in [2.05, 4.69) is 9.97 Å². The Morgan fingerprint density at radius 2 is 2.25 bits per heavy atom. The van der Waals surface area contributed by atoms with E-state index in [9.17, 15) is 0 Å². The van der Waals surface area contributed by atoms with E-state index in [0.29, 0.717) is 0 Å². The number of allylic oxidation sites excluding steroid dienone is 2. The van der Waals surface area contributed by atoms with Gasteiger partial charge in [0.05, 0.1) is 6.20 Å². The number of aromatic amines is 1. The van der Waals surface area contributed by atoms with Crippen molar-refractivity contribution in [2.75, 3.05) is 0 Å². The third-order valence-electron chi connectivity index (χ3n) is 1.64. The van der Waals surface area contributed by atoms with Crippen molar-refractivity contribution in [3.8, 4) is 0 Å². The lowest BCUT2D eigenvalue weighted by atomic mass is 10.2. The van der Waals surface area contributed by atoms with Crippen LogP contribution in [0, 0.1) is 6.92 Å². The maximum Gasteiger partial charge on any atom is 0.323 e. The number of hydrogen-bond acceptors (Lipinski definition) is 1. The summed E-state index contributed by atoms with van der Waals surface area (Å²) in [7, 11) is 0. The van der Waals surface area contributed by atoms with Crippen molar-refractivity contribution >= 4 is 5.57 Å². The molecule has 0 bridgehead atoms. The van der Waals surface area contributed by atoms with Gasteiger partial charge in [0.25, 0.3) is 0 Å². The molecule has 0 fully saturated rings. The number of halogens is 1. The van der Waals surface area contributed by atoms with Gasteiger partial charge >= 0.3 is 5.82 Å². The van der Waals surface area contributed by atoms with Crippen molar-refractivity contribution in [2.24, 2.45) is 0 Å². The third-order valence-corrected chi connectivity index (χ3v) is 1.64. The van der Waals surface area contributed by atoms with Gasteiger partial charge in [-0.3, -0.25) is 0 Å². The van der Waals surface area contributed by atoms with Crippen LogP contribution >= 0.6 is 0 Å². The number of nitrogens with zero attached hydrogens (tertiary/aromatic N) is 1. The van der Waals surface area contributed by atoms with E-state index in [-0.39, 0.29) is 12.4 Å². The van der Waals surface area contributed by atoms with Gasteiger partial charge in [-0.2, -0.15) is 0 Å². The van der Waals surface area contributed by atoms with Crippen LogP contribution in [0.3, 0.4) is 0 Å². The molecule has 1 aromatic rings. The van der Waals surface area contributed by atoms with Crippen molar-refractivity contribution in [2.45, 2.75) is 20.8 Å². The van der Waals surface area contributed by atoms with Crippen LogP contribution < -0.4 is 17.4 Å². The van der Waals surface area contributed by atoms with Gasteiger partial charge in [-0.25, -0.2) is 4.98 Å². The van der Waals surface area contributed by atoms with Crippen LogP contribution in [-0.4, -0.2) is 4.98 Å². The Bertz CT molecular complexity index is 282. The molecule has 0 aliphatic rings. The Morgan fingerprint density at radius 3 is 2.75 bits per heavy atom. The van der Waals surface area contributed by atoms with Gasteiger partial charge in [-0.05, 0) is 18.8 Å². The van der Waals surface area contributed by atoms with Gasteiger partial charge in [0.2, 0.25) is 0 Å². The van der Waals surface area contributed by atoms with Gasteiger partial charge in [0.1, 0.15) is 0 Å². The Labute approximate surface area is 79.2 Å². The first-order chi connectivity index (χ1) is 5.24. The minimum Gasteiger partial charge on any atom is -1.00 e. The predicted molar refractivity (Wildman–Crippen MR) is 44.9 cm³/mol. The van der Waals surface area contributed by atoms with Gasteiger partial charge in [0.15, 0.2) is 5.69 Å². The summed E-state index contributed by atoms with van der Waals surface area (Å²) < 4.78 is 0. The molecule has 3 heteroatoms. The smallest absolute Gasteiger partial charge is 0.323 e. The number of aromatic nitrogens is 2. The maximum atomic E-state index is 4.32. The van der Waals surface area contributed by atoms with E-state index in [1.54, 1.807) is 0 Å². The third kappa shape index (κ3) is 2.62. The number of nitrogens with one attached hydrogen (secondary N) is 1. The summed E-state index contributed by atoms with van der Waals surface area (Å²) in [6.45, 7) is 6.03. The highest BCUT2D eigenvalue weighted by Gasteiger charge is 2.05. The zero-order chi connectivity index (χ0) is 8.27. The summed E-state index contributed by atoms with van der Waals surface area (Å²) in [6.07, 6.45) is 3.95. The average Bonchev–Trinajstić information content (AvgIpc) is 2.03. The quantitative estimate of drug-likeness (QED) is 0.529. The molecule has 0 aromatic carbocycles. The van der Waals surface area contributed by atoms with Crippen molar-refractivity contribution in [3.63, 3.8) is 0 Å². The summed E-state index contributed by atoms with van der Waals surface area (Å²) >= 11 is 0. The van der Waals surface area contributed by atoms with Crippen molar-refractivity contribution in [1.29, 1.82) is 0 Å². The number of rotatable bonds is 1. The van der Waals surface area contributed by atoms with Gasteiger partial charge < -0.3 is 12.4 Å². The molecule has 0 saturated carbocycles. The molecule has 0 radical (unpaired) electrons. The molecule has 1 aromatic heterocycles. The second-order valence-electron chi connectivity index (χ2n) is 2.55. The molecule has 0 atom stereocenters. The topological polar surface area (TPSA) is 27.0 Å². The van der Waals surface area contributed by atoms with Crippen LogP contribution in [0.2, 0.25) is 0 Å². The van der Waals surface area contributed by atoms with Crippen LogP contribution in [-0.2, 0) is 0 Å². The van der Waals surface area contributed by atoms with Crippen LogP contribution in [0.25, 0.3) is 5.57 Å². The van der Waals surface area contributed by atoms with Crippen molar-refractivity contribution in [1.82, 2.24) is 4.98 Å². The van der Waals surface area contributed by atoms with Crippen LogP contribution in [0.1, 0.15) is 25.4 Å². The summed E-state index contributed by atoms with van der Waals surface area (Å²) in [5.74, 6) is 0.951. The number of hydrogen-bond donors (Lipinski definition) is 0. The van der Waals surface area contributed by atoms with Gasteiger partial charge in [-0.1, -0.05) is 6.08 Å². The second-order valence-corrected chi connectivity index (χ2v) is 2.55. The van der Waals surface area contributed by atoms with Crippen LogP contribution in [0.15, 0.2) is 18.3 Å². The molecule has 12 heavy (non-hydrogen) atoms. The second kappa shape index (κ2) is 4.88. The molecule has 0 saturated heterocycles. The molecule has 1 heterocycles. The summed E-state index contributed by atoms with van der Waals surface area (Å²) in [6, 6.07) is 1.95. The van der Waals surface area contributed by atoms with E-state index in [1.165, 1.54) is 5.57 Å². The zero-order valence-electron chi connectivity index (χ0n) is 7.56. The number of aryl methyl sites for hydroxylation is 1. The van der Waals surface area contributed by atoms with E-state index in [1.807, 2.05) is 39.1 Å². The van der Waals surface area contributed by atoms with E-state index in [0.717, 1.165) is 11.5 Å². The Kier molecular flexibility index (Phi) is 4.52. The lowest BCUT2D eigenvalue weighted by Gasteiger charge is -1.89. The standard InChI is InChI=1S/C9H12N2.ClH/c1-4-7(2)9-10-6-5-8(3)11-9;/h4-6H,1-3H3;1H. The molecular weight excluding hydrogens is 172 g/mol. The van der Waals surface area contributed by atoms with E-state index in [4.69, 9.17) is 0 Å². The van der Waals surface area contributed by atoms with E-state index >= 15 is 0 Å². The highest BCUT2D eigenvalue weighted by Crippen LogP contribution is 2.03. The lowest BCUT2D eigenvalue weighted by Crippen LogP contribution is -3.00. The zero-order valence-corrected chi connectivity index (χ0v) is 8.31. The first-order valence-corrected chi connectivity index (χ1v) is 3.72. The summed E-state index contributed by atoms with van der Waals surface area (Å²) in [4.78, 5) is 7.40. The molecule has 0 amide bonds. The maximum absolute atomic E-state index is 4.32. The fourth-order valence-electron chi connectivity index (χ4n) is 0.826. The fourth-order valence-corrected chi connectivity index (χ4v) is 0.826. The molecule has 66 valence electrons. The normalized spacial score (nSPS) is 10.8. The van der Waals surface area contributed by atoms with Gasteiger partial charge in [0, 0.05) is 18.6 Å². The summed E-state index contributed by atoms with van der Waals surface area (Å²) in [5, 5.41) is 0. The molecule has 0 aliphatic carbocycles. The minimum absolute atomic E-state index is 0. The minimum atomic E-state index is 0. The Hall–Kier alpha value is -0.890. The average molecular weight is 185 g/mol. The molecule has 1 N–H and O–H groups in total. The molecular formula is C9H13ClN2. The highest BCUT2D eigenvalue weighted by molar-refractivity contribution is 5.54. The monoisotopic (exact) mass is 184 g/mol. The van der Waals surface area contributed by atoms with Crippen LogP contribution in [0.4, 0.5) is 0 Å². The Morgan fingerprint density at radius 1 is 1.58 bits per heavy atom. The van der Waals surface area contributed by atoms with E-state index < -0.39 is 0 Å². The molecule has 2 nitrogen and oxygen atoms in total. The van der Waals surface area contributed by atoms with Crippen LogP contribution in [0.5, 0.6) is 0 Å². The Balaban J connectivity index is 0.00000121. The van der Waals surface area contributed by atoms with Crippen molar-refractivity contribution < 1.29 is 17.4 Å². The SMILES string of the molecule is CC=C(C)c1nc(C)cc[nH+]1.[Cl-]. The summed E-state index contributed by atoms with van der Waals surface area (Å²) in [5.41, 5.74) is 2.22. The number of H-pyrrole nitrogens is 1. The molecule has 0 spiro atoms. The van der Waals surface area contributed by atoms with Crippen molar-refractivity contribution in [3.05, 3.63) is 29.9 Å².